The van der Waals surface area contributed by atoms with Gasteiger partial charge >= 0.3 is 0 Å². The van der Waals surface area contributed by atoms with Crippen molar-refractivity contribution < 1.29 is 17.5 Å². The Morgan fingerprint density at radius 3 is 2.61 bits per heavy atom. The highest BCUT2D eigenvalue weighted by atomic mass is 32.2. The summed E-state index contributed by atoms with van der Waals surface area (Å²) in [7, 11) is -3.52. The number of hydrogen-bond donors (Lipinski definition) is 0. The van der Waals surface area contributed by atoms with Crippen molar-refractivity contribution in [1.29, 1.82) is 0 Å². The van der Waals surface area contributed by atoms with Crippen LogP contribution < -0.4 is 4.74 Å². The number of nitrogens with zero attached hydrogens (tertiary/aromatic N) is 1. The lowest BCUT2D eigenvalue weighted by atomic mass is 10.2. The molecule has 0 amide bonds. The Morgan fingerprint density at radius 2 is 1.87 bits per heavy atom. The molecule has 1 aliphatic heterocycles. The van der Waals surface area contributed by atoms with Crippen molar-refractivity contribution in [3.63, 3.8) is 0 Å². The number of hydrogen-bond acceptors (Lipinski definition) is 3. The van der Waals surface area contributed by atoms with Gasteiger partial charge in [-0.05, 0) is 30.7 Å². The molecule has 2 aromatic rings. The van der Waals surface area contributed by atoms with Crippen LogP contribution in [-0.4, -0.2) is 25.4 Å². The van der Waals surface area contributed by atoms with Crippen LogP contribution in [0.1, 0.15) is 18.1 Å². The Labute approximate surface area is 135 Å². The number of sulfonamides is 1. The number of benzene rings is 2. The van der Waals surface area contributed by atoms with Gasteiger partial charge in [-0.3, -0.25) is 0 Å². The lowest BCUT2D eigenvalue weighted by Gasteiger charge is -2.21. The molecule has 0 aromatic heterocycles. The lowest BCUT2D eigenvalue weighted by Crippen LogP contribution is -2.36. The minimum absolute atomic E-state index is 0.151. The molecule has 1 atom stereocenters. The van der Waals surface area contributed by atoms with Crippen LogP contribution in [0.15, 0.2) is 48.5 Å². The Balaban J connectivity index is 1.85. The van der Waals surface area contributed by atoms with Crippen LogP contribution in [0, 0.1) is 5.82 Å². The van der Waals surface area contributed by atoms with Crippen LogP contribution >= 0.6 is 0 Å². The number of fused-ring (bicyclic) bond motifs is 1. The van der Waals surface area contributed by atoms with E-state index in [1.165, 1.54) is 28.6 Å². The van der Waals surface area contributed by atoms with E-state index in [-0.39, 0.29) is 30.8 Å². The van der Waals surface area contributed by atoms with Gasteiger partial charge in [0.1, 0.15) is 17.7 Å². The third kappa shape index (κ3) is 3.71. The predicted octanol–water partition coefficient (Wildman–Crippen LogP) is 2.94. The first-order valence-corrected chi connectivity index (χ1v) is 9.02. The molecule has 0 saturated carbocycles. The predicted molar refractivity (Wildman–Crippen MR) is 86.0 cm³/mol. The fourth-order valence-corrected chi connectivity index (χ4v) is 4.21. The van der Waals surface area contributed by atoms with Crippen LogP contribution in [0.5, 0.6) is 5.75 Å². The molecule has 0 radical (unpaired) electrons. The van der Waals surface area contributed by atoms with E-state index in [1.807, 2.05) is 31.2 Å². The second-order valence-corrected chi connectivity index (χ2v) is 7.68. The summed E-state index contributed by atoms with van der Waals surface area (Å²) in [5.41, 5.74) is 1.41. The van der Waals surface area contributed by atoms with Crippen molar-refractivity contribution in [1.82, 2.24) is 4.31 Å². The van der Waals surface area contributed by atoms with Crippen LogP contribution in [-0.2, 0) is 22.3 Å². The molecule has 0 N–H and O–H groups in total. The lowest BCUT2D eigenvalue weighted by molar-refractivity contribution is 0.201. The molecule has 1 aliphatic rings. The van der Waals surface area contributed by atoms with Gasteiger partial charge < -0.3 is 4.74 Å². The number of rotatable bonds is 3. The smallest absolute Gasteiger partial charge is 0.218 e. The van der Waals surface area contributed by atoms with Crippen molar-refractivity contribution in [2.75, 3.05) is 6.54 Å². The van der Waals surface area contributed by atoms with Crippen LogP contribution in [0.4, 0.5) is 4.39 Å². The maximum Gasteiger partial charge on any atom is 0.218 e. The molecule has 23 heavy (non-hydrogen) atoms. The average Bonchev–Trinajstić information content (AvgIpc) is 2.68. The fourth-order valence-electron chi connectivity index (χ4n) is 2.64. The summed E-state index contributed by atoms with van der Waals surface area (Å²) in [6.45, 7) is 2.42. The first-order valence-electron chi connectivity index (χ1n) is 7.41. The first-order chi connectivity index (χ1) is 10.9. The Bertz CT molecular complexity index is 790. The van der Waals surface area contributed by atoms with E-state index in [1.54, 1.807) is 0 Å². The maximum atomic E-state index is 13.0. The standard InChI is InChI=1S/C17H18FNO3S/c1-13-10-19(11-15-4-2-3-5-17(15)22-13)23(20,21)12-14-6-8-16(18)9-7-14/h2-9,13H,10-12H2,1H3. The van der Waals surface area contributed by atoms with Gasteiger partial charge in [0.05, 0.1) is 12.3 Å². The summed E-state index contributed by atoms with van der Waals surface area (Å²) in [4.78, 5) is 0. The van der Waals surface area contributed by atoms with Gasteiger partial charge in [-0.2, -0.15) is 4.31 Å². The van der Waals surface area contributed by atoms with E-state index >= 15 is 0 Å². The Kier molecular flexibility index (Phi) is 4.37. The zero-order chi connectivity index (χ0) is 16.4. The normalized spacial score (nSPS) is 18.8. The first kappa shape index (κ1) is 16.0. The van der Waals surface area contributed by atoms with Crippen LogP contribution in [0.3, 0.4) is 0 Å². The Hall–Kier alpha value is -1.92. The molecule has 122 valence electrons. The highest BCUT2D eigenvalue weighted by molar-refractivity contribution is 7.88. The van der Waals surface area contributed by atoms with Crippen LogP contribution in [0.2, 0.25) is 0 Å². The molecule has 1 unspecified atom stereocenters. The minimum Gasteiger partial charge on any atom is -0.489 e. The largest absolute Gasteiger partial charge is 0.489 e. The molecule has 6 heteroatoms. The second kappa shape index (κ2) is 6.29. The number of halogens is 1. The summed E-state index contributed by atoms with van der Waals surface area (Å²) in [6.07, 6.45) is -0.235. The van der Waals surface area contributed by atoms with E-state index in [4.69, 9.17) is 4.74 Å². The van der Waals surface area contributed by atoms with Crippen LogP contribution in [0.25, 0.3) is 0 Å². The fraction of sp³-hybridized carbons (Fsp3) is 0.294. The van der Waals surface area contributed by atoms with Gasteiger partial charge in [-0.25, -0.2) is 12.8 Å². The topological polar surface area (TPSA) is 46.6 Å². The molecule has 3 rings (SSSR count). The molecule has 2 aromatic carbocycles. The van der Waals surface area contributed by atoms with E-state index in [0.717, 1.165) is 11.3 Å². The molecule has 0 fully saturated rings. The highest BCUT2D eigenvalue weighted by Gasteiger charge is 2.28. The molecule has 0 aliphatic carbocycles. The zero-order valence-electron chi connectivity index (χ0n) is 12.8. The monoisotopic (exact) mass is 335 g/mol. The molecule has 0 spiro atoms. The van der Waals surface area contributed by atoms with Crippen molar-refractivity contribution in [2.45, 2.75) is 25.3 Å². The zero-order valence-corrected chi connectivity index (χ0v) is 13.6. The molecular formula is C17H18FNO3S. The van der Waals surface area contributed by atoms with Gasteiger partial charge in [0, 0.05) is 12.1 Å². The van der Waals surface area contributed by atoms with Gasteiger partial charge in [0.15, 0.2) is 0 Å². The summed E-state index contributed by atoms with van der Waals surface area (Å²) in [5.74, 6) is 0.193. The van der Waals surface area contributed by atoms with E-state index < -0.39 is 10.0 Å². The molecule has 0 saturated heterocycles. The molecule has 4 nitrogen and oxygen atoms in total. The Morgan fingerprint density at radius 1 is 1.17 bits per heavy atom. The van der Waals surface area contributed by atoms with E-state index in [9.17, 15) is 12.8 Å². The van der Waals surface area contributed by atoms with E-state index in [2.05, 4.69) is 0 Å². The number of ether oxygens (including phenoxy) is 1. The van der Waals surface area contributed by atoms with Crippen molar-refractivity contribution in [3.05, 3.63) is 65.5 Å². The highest BCUT2D eigenvalue weighted by Crippen LogP contribution is 2.27. The van der Waals surface area contributed by atoms with Gasteiger partial charge in [-0.1, -0.05) is 30.3 Å². The maximum absolute atomic E-state index is 13.0. The molecule has 1 heterocycles. The summed E-state index contributed by atoms with van der Waals surface area (Å²) in [5, 5.41) is 0. The van der Waals surface area contributed by atoms with Gasteiger partial charge in [0.25, 0.3) is 0 Å². The van der Waals surface area contributed by atoms with Gasteiger partial charge in [0.2, 0.25) is 10.0 Å². The third-order valence-electron chi connectivity index (χ3n) is 3.76. The third-order valence-corrected chi connectivity index (χ3v) is 5.53. The van der Waals surface area contributed by atoms with Crippen molar-refractivity contribution in [2.24, 2.45) is 0 Å². The average molecular weight is 335 g/mol. The van der Waals surface area contributed by atoms with Crippen molar-refractivity contribution in [3.8, 4) is 5.75 Å². The molecular weight excluding hydrogens is 317 g/mol. The van der Waals surface area contributed by atoms with Crippen molar-refractivity contribution >= 4 is 10.0 Å². The SMILES string of the molecule is CC1CN(S(=O)(=O)Cc2ccc(F)cc2)Cc2ccccc2O1. The number of para-hydroxylation sites is 1. The quantitative estimate of drug-likeness (QED) is 0.866. The second-order valence-electron chi connectivity index (χ2n) is 5.71. The molecule has 0 bridgehead atoms. The minimum atomic E-state index is -3.52. The summed E-state index contributed by atoms with van der Waals surface area (Å²) < 4.78 is 45.6. The summed E-state index contributed by atoms with van der Waals surface area (Å²) in [6, 6.07) is 13.0. The summed E-state index contributed by atoms with van der Waals surface area (Å²) >= 11 is 0. The van der Waals surface area contributed by atoms with Gasteiger partial charge in [-0.15, -0.1) is 0 Å². The van der Waals surface area contributed by atoms with E-state index in [0.29, 0.717) is 5.56 Å².